The molecule has 0 aromatic heterocycles. The van der Waals surface area contributed by atoms with Crippen LogP contribution in [0.3, 0.4) is 0 Å². The summed E-state index contributed by atoms with van der Waals surface area (Å²) in [5, 5.41) is 11.2. The summed E-state index contributed by atoms with van der Waals surface area (Å²) in [5.41, 5.74) is 3.01. The number of aliphatic hydroxyl groups is 1. The first-order valence-electron chi connectivity index (χ1n) is 13.2. The van der Waals surface area contributed by atoms with Crippen LogP contribution in [0.25, 0.3) is 0 Å². The number of aliphatic hydroxyl groups excluding tert-OH is 1. The molecule has 0 unspecified atom stereocenters. The normalized spacial score (nSPS) is 23.8. The molecule has 208 valence electrons. The highest BCUT2D eigenvalue weighted by Gasteiger charge is 2.50. The number of hydrogen-bond donors (Lipinski definition) is 1. The van der Waals surface area contributed by atoms with Gasteiger partial charge in [0.05, 0.1) is 33.0 Å². The Morgan fingerprint density at radius 3 is 1.67 bits per heavy atom. The zero-order chi connectivity index (χ0) is 27.3. The van der Waals surface area contributed by atoms with E-state index in [1.54, 1.807) is 13.2 Å². The van der Waals surface area contributed by atoms with Crippen molar-refractivity contribution in [3.8, 4) is 0 Å². The molecule has 6 atom stereocenters. The second kappa shape index (κ2) is 15.6. The Balaban J connectivity index is 1.61. The molecule has 3 aromatic carbocycles. The van der Waals surface area contributed by atoms with Crippen molar-refractivity contribution in [3.05, 3.63) is 120 Å². The van der Waals surface area contributed by atoms with Gasteiger partial charge in [-0.3, -0.25) is 0 Å². The summed E-state index contributed by atoms with van der Waals surface area (Å²) >= 11 is 0. The van der Waals surface area contributed by atoms with Crippen LogP contribution in [0.4, 0.5) is 0 Å². The van der Waals surface area contributed by atoms with Crippen molar-refractivity contribution in [2.24, 2.45) is 0 Å². The minimum absolute atomic E-state index is 0.0409. The van der Waals surface area contributed by atoms with Gasteiger partial charge in [0.15, 0.2) is 6.29 Å². The van der Waals surface area contributed by atoms with Crippen LogP contribution in [0.15, 0.2) is 104 Å². The Morgan fingerprint density at radius 1 is 0.744 bits per heavy atom. The van der Waals surface area contributed by atoms with Crippen LogP contribution in [-0.2, 0) is 48.2 Å². The predicted molar refractivity (Wildman–Crippen MR) is 148 cm³/mol. The summed E-state index contributed by atoms with van der Waals surface area (Å²) in [7, 11) is 1.56. The summed E-state index contributed by atoms with van der Waals surface area (Å²) in [6.45, 7) is 4.99. The van der Waals surface area contributed by atoms with E-state index >= 15 is 0 Å². The van der Waals surface area contributed by atoms with E-state index in [0.29, 0.717) is 26.4 Å². The highest BCUT2D eigenvalue weighted by atomic mass is 16.7. The molecule has 1 fully saturated rings. The Bertz CT molecular complexity index is 1080. The molecule has 4 rings (SSSR count). The molecule has 1 aliphatic heterocycles. The van der Waals surface area contributed by atoms with Crippen LogP contribution in [0.2, 0.25) is 0 Å². The first-order chi connectivity index (χ1) is 19.2. The van der Waals surface area contributed by atoms with Gasteiger partial charge < -0.3 is 33.5 Å². The summed E-state index contributed by atoms with van der Waals surface area (Å²) in [6, 6.07) is 29.7. The average Bonchev–Trinajstić information content (AvgIpc) is 2.99. The summed E-state index contributed by atoms with van der Waals surface area (Å²) in [5.74, 6) is 0. The zero-order valence-corrected chi connectivity index (χ0v) is 22.3. The zero-order valence-electron chi connectivity index (χ0n) is 22.3. The fourth-order valence-corrected chi connectivity index (χ4v) is 4.56. The first kappa shape index (κ1) is 29.1. The molecule has 0 spiro atoms. The smallest absolute Gasteiger partial charge is 0.186 e. The van der Waals surface area contributed by atoms with E-state index < -0.39 is 36.8 Å². The number of rotatable bonds is 15. The molecule has 0 amide bonds. The van der Waals surface area contributed by atoms with Gasteiger partial charge in [0, 0.05) is 7.11 Å². The summed E-state index contributed by atoms with van der Waals surface area (Å²) in [6.07, 6.45) is -2.88. The summed E-state index contributed by atoms with van der Waals surface area (Å²) < 4.78 is 37.0. The molecule has 39 heavy (non-hydrogen) atoms. The third-order valence-corrected chi connectivity index (χ3v) is 6.52. The van der Waals surface area contributed by atoms with Crippen molar-refractivity contribution in [1.29, 1.82) is 0 Å². The van der Waals surface area contributed by atoms with Crippen LogP contribution >= 0.6 is 0 Å². The second-order valence-corrected chi connectivity index (χ2v) is 9.38. The van der Waals surface area contributed by atoms with Gasteiger partial charge in [-0.05, 0) is 16.7 Å². The lowest BCUT2D eigenvalue weighted by molar-refractivity contribution is -0.331. The van der Waals surface area contributed by atoms with Crippen molar-refractivity contribution in [2.75, 3.05) is 20.3 Å². The standard InChI is InChI=1S/C32H38O7/c1-3-19-35-23-27(33)28-29(36-20-24-13-7-4-8-14-24)30(37-21-25-15-9-5-10-16-25)31(32(34-2)39-28)38-22-26-17-11-6-12-18-26/h3-18,27-33H,1,19-23H2,2H3/t27-,28+,29+,30-,31-,32+/m0/s1. The van der Waals surface area contributed by atoms with Crippen LogP contribution < -0.4 is 0 Å². The molecule has 0 saturated carbocycles. The van der Waals surface area contributed by atoms with E-state index in [2.05, 4.69) is 6.58 Å². The molecule has 0 radical (unpaired) electrons. The molecule has 0 aliphatic carbocycles. The van der Waals surface area contributed by atoms with Gasteiger partial charge in [-0.25, -0.2) is 0 Å². The molecule has 1 aliphatic rings. The van der Waals surface area contributed by atoms with E-state index in [4.69, 9.17) is 28.4 Å². The quantitative estimate of drug-likeness (QED) is 0.224. The molecule has 7 nitrogen and oxygen atoms in total. The predicted octanol–water partition coefficient (Wildman–Crippen LogP) is 4.68. The van der Waals surface area contributed by atoms with Gasteiger partial charge in [0.25, 0.3) is 0 Å². The highest BCUT2D eigenvalue weighted by molar-refractivity contribution is 5.15. The molecule has 1 N–H and O–H groups in total. The number of benzene rings is 3. The molecule has 1 saturated heterocycles. The second-order valence-electron chi connectivity index (χ2n) is 9.38. The fraction of sp³-hybridized carbons (Fsp3) is 0.375. The lowest BCUT2D eigenvalue weighted by atomic mass is 9.94. The molecule has 1 heterocycles. The Labute approximate surface area is 230 Å². The number of methoxy groups -OCH3 is 1. The minimum atomic E-state index is -0.999. The van der Waals surface area contributed by atoms with Gasteiger partial charge in [0.1, 0.15) is 30.5 Å². The molecule has 7 heteroatoms. The number of hydrogen-bond acceptors (Lipinski definition) is 7. The monoisotopic (exact) mass is 534 g/mol. The maximum Gasteiger partial charge on any atom is 0.186 e. The van der Waals surface area contributed by atoms with Crippen molar-refractivity contribution in [2.45, 2.75) is 56.6 Å². The lowest BCUT2D eigenvalue weighted by Gasteiger charge is -2.46. The first-order valence-corrected chi connectivity index (χ1v) is 13.2. The molecular formula is C32H38O7. The van der Waals surface area contributed by atoms with Crippen LogP contribution in [0.5, 0.6) is 0 Å². The van der Waals surface area contributed by atoms with E-state index in [1.807, 2.05) is 91.0 Å². The topological polar surface area (TPSA) is 75.6 Å². The molecule has 0 bridgehead atoms. The summed E-state index contributed by atoms with van der Waals surface area (Å²) in [4.78, 5) is 0. The van der Waals surface area contributed by atoms with Crippen molar-refractivity contribution in [3.63, 3.8) is 0 Å². The third-order valence-electron chi connectivity index (χ3n) is 6.52. The van der Waals surface area contributed by atoms with E-state index in [-0.39, 0.29) is 6.61 Å². The van der Waals surface area contributed by atoms with Gasteiger partial charge in [-0.15, -0.1) is 6.58 Å². The maximum absolute atomic E-state index is 11.2. The maximum atomic E-state index is 11.2. The number of ether oxygens (including phenoxy) is 6. The van der Waals surface area contributed by atoms with Crippen molar-refractivity contribution >= 4 is 0 Å². The van der Waals surface area contributed by atoms with E-state index in [9.17, 15) is 5.11 Å². The van der Waals surface area contributed by atoms with Crippen LogP contribution in [0, 0.1) is 0 Å². The molecular weight excluding hydrogens is 496 g/mol. The van der Waals surface area contributed by atoms with E-state index in [1.165, 1.54) is 0 Å². The minimum Gasteiger partial charge on any atom is -0.388 e. The van der Waals surface area contributed by atoms with Gasteiger partial charge >= 0.3 is 0 Å². The SMILES string of the molecule is C=CCOC[C@H](O)[C@H]1O[C@@H](OC)[C@@H](OCc2ccccc2)[C@@H](OCc2ccccc2)[C@@H]1OCc1ccccc1. The van der Waals surface area contributed by atoms with E-state index in [0.717, 1.165) is 16.7 Å². The van der Waals surface area contributed by atoms with Gasteiger partial charge in [0.2, 0.25) is 0 Å². The molecule has 3 aromatic rings. The van der Waals surface area contributed by atoms with Crippen LogP contribution in [0.1, 0.15) is 16.7 Å². The average molecular weight is 535 g/mol. The van der Waals surface area contributed by atoms with Crippen molar-refractivity contribution < 1.29 is 33.5 Å². The Kier molecular flexibility index (Phi) is 11.7. The Morgan fingerprint density at radius 2 is 1.21 bits per heavy atom. The van der Waals surface area contributed by atoms with Crippen molar-refractivity contribution in [1.82, 2.24) is 0 Å². The van der Waals surface area contributed by atoms with Gasteiger partial charge in [-0.1, -0.05) is 97.1 Å². The highest BCUT2D eigenvalue weighted by Crippen LogP contribution is 2.32. The lowest BCUT2D eigenvalue weighted by Crippen LogP contribution is -2.63. The van der Waals surface area contributed by atoms with Crippen LogP contribution in [-0.4, -0.2) is 62.2 Å². The Hall–Kier alpha value is -2.88. The third kappa shape index (κ3) is 8.55. The van der Waals surface area contributed by atoms with Gasteiger partial charge in [-0.2, -0.15) is 0 Å². The largest absolute Gasteiger partial charge is 0.388 e. The fourth-order valence-electron chi connectivity index (χ4n) is 4.56.